The minimum Gasteiger partial charge on any atom is -0.466 e. The zero-order valence-electron chi connectivity index (χ0n) is 8.24. The smallest absolute Gasteiger partial charge is 0.330 e. The highest BCUT2D eigenvalue weighted by Gasteiger charge is 1.98. The average Bonchev–Trinajstić information content (AvgIpc) is 2.25. The summed E-state index contributed by atoms with van der Waals surface area (Å²) in [6.07, 6.45) is 2.62. The van der Waals surface area contributed by atoms with Crippen LogP contribution in [0.15, 0.2) is 24.3 Å². The van der Waals surface area contributed by atoms with Gasteiger partial charge in [-0.25, -0.2) is 9.18 Å². The molecule has 1 aromatic rings. The van der Waals surface area contributed by atoms with E-state index >= 15 is 0 Å². The lowest BCUT2D eigenvalue weighted by atomic mass is 10.1. The van der Waals surface area contributed by atoms with E-state index in [1.54, 1.807) is 6.07 Å². The number of carbonyl (C=O) groups is 1. The topological polar surface area (TPSA) is 46.5 Å². The molecule has 0 spiro atoms. The largest absolute Gasteiger partial charge is 0.466 e. The summed E-state index contributed by atoms with van der Waals surface area (Å²) in [5.74, 6) is -0.962. The van der Waals surface area contributed by atoms with Crippen LogP contribution >= 0.6 is 0 Å². The normalized spacial score (nSPS) is 10.6. The van der Waals surface area contributed by atoms with Crippen LogP contribution in [0.2, 0.25) is 0 Å². The number of rotatable bonds is 3. The van der Waals surface area contributed by atoms with Gasteiger partial charge in [-0.3, -0.25) is 0 Å². The van der Waals surface area contributed by atoms with Crippen molar-refractivity contribution in [2.45, 2.75) is 6.61 Å². The van der Waals surface area contributed by atoms with Crippen LogP contribution in [0.3, 0.4) is 0 Å². The lowest BCUT2D eigenvalue weighted by Gasteiger charge is -1.99. The second-order valence-corrected chi connectivity index (χ2v) is 2.91. The number of methoxy groups -OCH3 is 1. The number of hydrogen-bond donors (Lipinski definition) is 1. The van der Waals surface area contributed by atoms with Crippen molar-refractivity contribution < 1.29 is 19.0 Å². The highest BCUT2D eigenvalue weighted by atomic mass is 19.1. The van der Waals surface area contributed by atoms with Crippen LogP contribution < -0.4 is 0 Å². The molecule has 0 aromatic heterocycles. The van der Waals surface area contributed by atoms with E-state index < -0.39 is 11.8 Å². The third kappa shape index (κ3) is 3.52. The van der Waals surface area contributed by atoms with Gasteiger partial charge >= 0.3 is 5.97 Å². The van der Waals surface area contributed by atoms with Crippen LogP contribution in [0.25, 0.3) is 6.08 Å². The molecule has 0 aliphatic heterocycles. The number of aliphatic hydroxyl groups is 1. The first-order valence-electron chi connectivity index (χ1n) is 4.32. The number of hydrogen-bond acceptors (Lipinski definition) is 3. The van der Waals surface area contributed by atoms with Crippen molar-refractivity contribution in [3.8, 4) is 0 Å². The van der Waals surface area contributed by atoms with Crippen LogP contribution in [-0.4, -0.2) is 18.2 Å². The molecule has 4 heteroatoms. The maximum atomic E-state index is 13.0. The van der Waals surface area contributed by atoms with E-state index in [1.165, 1.54) is 31.4 Å². The predicted octanol–water partition coefficient (Wildman–Crippen LogP) is 1.50. The third-order valence-electron chi connectivity index (χ3n) is 1.78. The molecule has 1 N–H and O–H groups in total. The summed E-state index contributed by atoms with van der Waals surface area (Å²) in [5, 5.41) is 8.83. The van der Waals surface area contributed by atoms with Gasteiger partial charge in [0, 0.05) is 6.08 Å². The zero-order valence-corrected chi connectivity index (χ0v) is 8.24. The number of esters is 1. The molecule has 3 nitrogen and oxygen atoms in total. The number of ether oxygens (including phenoxy) is 1. The lowest BCUT2D eigenvalue weighted by molar-refractivity contribution is -0.134. The molecular formula is C11H11FO3. The van der Waals surface area contributed by atoms with Gasteiger partial charge in [-0.2, -0.15) is 0 Å². The molecule has 0 saturated carbocycles. The molecule has 0 bridgehead atoms. The summed E-state index contributed by atoms with van der Waals surface area (Å²) < 4.78 is 17.3. The molecule has 15 heavy (non-hydrogen) atoms. The molecule has 0 unspecified atom stereocenters. The summed E-state index contributed by atoms with van der Waals surface area (Å²) in [6, 6.07) is 4.08. The van der Waals surface area contributed by atoms with Crippen molar-refractivity contribution >= 4 is 12.0 Å². The number of carbonyl (C=O) groups excluding carboxylic acids is 1. The number of benzene rings is 1. The fourth-order valence-electron chi connectivity index (χ4n) is 1.10. The monoisotopic (exact) mass is 210 g/mol. The molecule has 1 rings (SSSR count). The zero-order chi connectivity index (χ0) is 11.3. The van der Waals surface area contributed by atoms with E-state index in [4.69, 9.17) is 5.11 Å². The Kier molecular flexibility index (Phi) is 4.00. The predicted molar refractivity (Wildman–Crippen MR) is 53.4 cm³/mol. The minimum atomic E-state index is -0.509. The van der Waals surface area contributed by atoms with Gasteiger partial charge in [0.1, 0.15) is 5.82 Å². The standard InChI is InChI=1S/C11H11FO3/c1-15-11(14)3-2-8-4-9(7-13)6-10(12)5-8/h2-6,13H,7H2,1H3. The molecule has 0 fully saturated rings. The van der Waals surface area contributed by atoms with Gasteiger partial charge in [0.15, 0.2) is 0 Å². The molecule has 80 valence electrons. The Balaban J connectivity index is 2.90. The number of halogens is 1. The van der Waals surface area contributed by atoms with Gasteiger partial charge in [0.2, 0.25) is 0 Å². The molecule has 1 aromatic carbocycles. The Bertz CT molecular complexity index is 385. The summed E-state index contributed by atoms with van der Waals surface area (Å²) in [6.45, 7) is -0.239. The van der Waals surface area contributed by atoms with E-state index in [-0.39, 0.29) is 6.61 Å². The maximum absolute atomic E-state index is 13.0. The first-order chi connectivity index (χ1) is 7.15. The summed E-state index contributed by atoms with van der Waals surface area (Å²) >= 11 is 0. The molecule has 0 aliphatic rings. The highest BCUT2D eigenvalue weighted by molar-refractivity contribution is 5.86. The Hall–Kier alpha value is -1.68. The number of aliphatic hydroxyl groups excluding tert-OH is 1. The Labute approximate surface area is 86.8 Å². The van der Waals surface area contributed by atoms with Gasteiger partial charge in [0.05, 0.1) is 13.7 Å². The van der Waals surface area contributed by atoms with Crippen molar-refractivity contribution in [1.82, 2.24) is 0 Å². The first kappa shape index (κ1) is 11.4. The minimum absolute atomic E-state index is 0.239. The van der Waals surface area contributed by atoms with Crippen molar-refractivity contribution in [2.24, 2.45) is 0 Å². The second-order valence-electron chi connectivity index (χ2n) is 2.91. The van der Waals surface area contributed by atoms with Gasteiger partial charge < -0.3 is 9.84 Å². The SMILES string of the molecule is COC(=O)C=Cc1cc(F)cc(CO)c1. The fraction of sp³-hybridized carbons (Fsp3) is 0.182. The van der Waals surface area contributed by atoms with E-state index in [9.17, 15) is 9.18 Å². The molecule has 0 amide bonds. The Morgan fingerprint density at radius 2 is 2.27 bits per heavy atom. The molecular weight excluding hydrogens is 199 g/mol. The Morgan fingerprint density at radius 1 is 1.53 bits per heavy atom. The van der Waals surface area contributed by atoms with Gasteiger partial charge in [-0.1, -0.05) is 0 Å². The van der Waals surface area contributed by atoms with Crippen LogP contribution in [0.1, 0.15) is 11.1 Å². The summed E-state index contributed by atoms with van der Waals surface area (Å²) in [7, 11) is 1.26. The van der Waals surface area contributed by atoms with Crippen molar-refractivity contribution in [3.63, 3.8) is 0 Å². The van der Waals surface area contributed by atoms with Crippen molar-refractivity contribution in [2.75, 3.05) is 7.11 Å². The van der Waals surface area contributed by atoms with Crippen LogP contribution in [0.5, 0.6) is 0 Å². The van der Waals surface area contributed by atoms with E-state index in [0.717, 1.165) is 0 Å². The van der Waals surface area contributed by atoms with Gasteiger partial charge in [0.25, 0.3) is 0 Å². The average molecular weight is 210 g/mol. The van der Waals surface area contributed by atoms with E-state index in [2.05, 4.69) is 4.74 Å². The van der Waals surface area contributed by atoms with Crippen molar-refractivity contribution in [1.29, 1.82) is 0 Å². The third-order valence-corrected chi connectivity index (χ3v) is 1.78. The quantitative estimate of drug-likeness (QED) is 0.607. The maximum Gasteiger partial charge on any atom is 0.330 e. The second kappa shape index (κ2) is 5.26. The summed E-state index contributed by atoms with van der Waals surface area (Å²) in [4.78, 5) is 10.8. The fourth-order valence-corrected chi connectivity index (χ4v) is 1.10. The van der Waals surface area contributed by atoms with Crippen LogP contribution in [0, 0.1) is 5.82 Å². The molecule has 0 atom stereocenters. The summed E-state index contributed by atoms with van der Waals surface area (Å²) in [5.41, 5.74) is 0.962. The van der Waals surface area contributed by atoms with Crippen LogP contribution in [-0.2, 0) is 16.1 Å². The van der Waals surface area contributed by atoms with Gasteiger partial charge in [-0.15, -0.1) is 0 Å². The molecule has 0 aliphatic carbocycles. The van der Waals surface area contributed by atoms with Crippen LogP contribution in [0.4, 0.5) is 4.39 Å². The van der Waals surface area contributed by atoms with E-state index in [0.29, 0.717) is 11.1 Å². The molecule has 0 saturated heterocycles. The highest BCUT2D eigenvalue weighted by Crippen LogP contribution is 2.10. The first-order valence-corrected chi connectivity index (χ1v) is 4.32. The molecule has 0 heterocycles. The Morgan fingerprint density at radius 3 is 2.87 bits per heavy atom. The van der Waals surface area contributed by atoms with E-state index in [1.807, 2.05) is 0 Å². The molecule has 0 radical (unpaired) electrons. The van der Waals surface area contributed by atoms with Gasteiger partial charge in [-0.05, 0) is 35.4 Å². The van der Waals surface area contributed by atoms with Crippen molar-refractivity contribution in [3.05, 3.63) is 41.2 Å². The lowest BCUT2D eigenvalue weighted by Crippen LogP contribution is -1.93.